The minimum Gasteiger partial charge on any atom is -0.310 e. The molecule has 1 aliphatic carbocycles. The van der Waals surface area contributed by atoms with Crippen LogP contribution in [0.15, 0.2) is 182 Å². The predicted molar refractivity (Wildman–Crippen MR) is 214 cm³/mol. The summed E-state index contributed by atoms with van der Waals surface area (Å²) in [6.45, 7) is 0. The van der Waals surface area contributed by atoms with Crippen molar-refractivity contribution in [3.8, 4) is 11.1 Å². The van der Waals surface area contributed by atoms with Crippen molar-refractivity contribution in [2.24, 2.45) is 0 Å². The van der Waals surface area contributed by atoms with Crippen LogP contribution in [0.1, 0.15) is 11.1 Å². The number of benzene rings is 8. The van der Waals surface area contributed by atoms with Gasteiger partial charge in [0.05, 0.1) is 11.4 Å². The van der Waals surface area contributed by atoms with Gasteiger partial charge < -0.3 is 9.80 Å². The van der Waals surface area contributed by atoms with Gasteiger partial charge in [-0.25, -0.2) is 0 Å². The van der Waals surface area contributed by atoms with Gasteiger partial charge in [-0.15, -0.1) is 11.3 Å². The van der Waals surface area contributed by atoms with Gasteiger partial charge >= 0.3 is 0 Å². The van der Waals surface area contributed by atoms with Crippen LogP contribution in [-0.2, 0) is 6.42 Å². The molecule has 0 N–H and O–H groups in total. The summed E-state index contributed by atoms with van der Waals surface area (Å²) in [5.41, 5.74) is 12.4. The smallest absolute Gasteiger partial charge is 0.0554 e. The number of hydrogen-bond acceptors (Lipinski definition) is 3. The van der Waals surface area contributed by atoms with Crippen LogP contribution >= 0.6 is 11.3 Å². The van der Waals surface area contributed by atoms with E-state index < -0.39 is 0 Å². The first kappa shape index (κ1) is 28.8. The predicted octanol–water partition coefficient (Wildman–Crippen LogP) is 13.7. The fourth-order valence-electron chi connectivity index (χ4n) is 7.80. The van der Waals surface area contributed by atoms with Gasteiger partial charge in [0, 0.05) is 48.3 Å². The van der Waals surface area contributed by atoms with Gasteiger partial charge in [0.2, 0.25) is 0 Å². The Morgan fingerprint density at radius 3 is 1.84 bits per heavy atom. The average molecular weight is 657 g/mol. The van der Waals surface area contributed by atoms with E-state index in [0.717, 1.165) is 23.5 Å². The Hall–Kier alpha value is -6.16. The van der Waals surface area contributed by atoms with E-state index in [-0.39, 0.29) is 0 Å². The summed E-state index contributed by atoms with van der Waals surface area (Å²) in [4.78, 5) is 4.85. The highest BCUT2D eigenvalue weighted by Crippen LogP contribution is 2.48. The lowest BCUT2D eigenvalue weighted by atomic mass is 10.0. The molecule has 1 aromatic heterocycles. The maximum Gasteiger partial charge on any atom is 0.0554 e. The molecule has 0 spiro atoms. The van der Waals surface area contributed by atoms with Gasteiger partial charge in [0.25, 0.3) is 0 Å². The Morgan fingerprint density at radius 2 is 1.00 bits per heavy atom. The van der Waals surface area contributed by atoms with E-state index in [9.17, 15) is 0 Å². The van der Waals surface area contributed by atoms with Crippen molar-refractivity contribution in [1.29, 1.82) is 0 Å². The van der Waals surface area contributed by atoms with Crippen LogP contribution in [0.5, 0.6) is 0 Å². The highest BCUT2D eigenvalue weighted by atomic mass is 32.1. The molecule has 50 heavy (non-hydrogen) atoms. The molecule has 0 saturated heterocycles. The maximum atomic E-state index is 2.46. The first-order valence-corrected chi connectivity index (χ1v) is 18.0. The van der Waals surface area contributed by atoms with Crippen LogP contribution in [0.3, 0.4) is 0 Å². The van der Waals surface area contributed by atoms with Gasteiger partial charge in [-0.2, -0.15) is 0 Å². The second-order valence-electron chi connectivity index (χ2n) is 12.9. The standard InChI is InChI=1S/C47H32N2S/c1-3-16-35(17-4-1)48(36-18-5-2-6-19-36)44-23-12-24-46-47(44)42-31-38(26-28-45(42)50-46)49(43-22-11-15-32-13-7-10-21-41(32)43)37-25-27-40-34(30-37)29-33-14-8-9-20-39(33)40/h1-28,30-31H,29H2. The number of thiophene rings is 1. The van der Waals surface area contributed by atoms with Crippen molar-refractivity contribution in [1.82, 2.24) is 0 Å². The van der Waals surface area contributed by atoms with Gasteiger partial charge in [-0.1, -0.05) is 109 Å². The molecule has 0 atom stereocenters. The van der Waals surface area contributed by atoms with E-state index in [1.165, 1.54) is 70.3 Å². The summed E-state index contributed by atoms with van der Waals surface area (Å²) in [7, 11) is 0. The lowest BCUT2D eigenvalue weighted by molar-refractivity contribution is 1.24. The SMILES string of the molecule is c1ccc(N(c2ccccc2)c2cccc3sc4ccc(N(c5ccc6c(c5)Cc5ccccc5-6)c5cccc6ccccc56)cc4c23)cc1. The van der Waals surface area contributed by atoms with Crippen LogP contribution < -0.4 is 9.80 Å². The molecule has 0 unspecified atom stereocenters. The number of anilines is 6. The number of hydrogen-bond donors (Lipinski definition) is 0. The summed E-state index contributed by atoms with van der Waals surface area (Å²) in [6, 6.07) is 66.4. The average Bonchev–Trinajstić information content (AvgIpc) is 3.74. The summed E-state index contributed by atoms with van der Waals surface area (Å²) in [5, 5.41) is 4.99. The molecule has 8 aromatic carbocycles. The Bertz CT molecular complexity index is 2650. The highest BCUT2D eigenvalue weighted by Gasteiger charge is 2.23. The fourth-order valence-corrected chi connectivity index (χ4v) is 8.91. The maximum absolute atomic E-state index is 2.46. The zero-order valence-corrected chi connectivity index (χ0v) is 28.1. The third kappa shape index (κ3) is 4.70. The third-order valence-corrected chi connectivity index (χ3v) is 11.2. The van der Waals surface area contributed by atoms with E-state index in [4.69, 9.17) is 0 Å². The topological polar surface area (TPSA) is 6.48 Å². The number of nitrogens with zero attached hydrogens (tertiary/aromatic N) is 2. The first-order chi connectivity index (χ1) is 24.8. The van der Waals surface area contributed by atoms with Crippen molar-refractivity contribution >= 4 is 76.4 Å². The van der Waals surface area contributed by atoms with Crippen molar-refractivity contribution in [3.05, 3.63) is 193 Å². The quantitative estimate of drug-likeness (QED) is 0.176. The molecule has 2 nitrogen and oxygen atoms in total. The van der Waals surface area contributed by atoms with Gasteiger partial charge in [-0.3, -0.25) is 0 Å². The first-order valence-electron chi connectivity index (χ1n) is 17.1. The molecule has 1 aliphatic rings. The molecule has 0 aliphatic heterocycles. The zero-order valence-electron chi connectivity index (χ0n) is 27.3. The van der Waals surface area contributed by atoms with Crippen LogP contribution in [0.4, 0.5) is 34.1 Å². The van der Waals surface area contributed by atoms with E-state index >= 15 is 0 Å². The molecule has 0 saturated carbocycles. The molecule has 0 radical (unpaired) electrons. The lowest BCUT2D eigenvalue weighted by Gasteiger charge is -2.28. The van der Waals surface area contributed by atoms with Crippen LogP contribution in [0.25, 0.3) is 42.1 Å². The Morgan fingerprint density at radius 1 is 0.380 bits per heavy atom. The lowest BCUT2D eigenvalue weighted by Crippen LogP contribution is -2.11. The largest absolute Gasteiger partial charge is 0.310 e. The number of fused-ring (bicyclic) bond motifs is 7. The minimum atomic E-state index is 0.953. The van der Waals surface area contributed by atoms with Crippen molar-refractivity contribution in [3.63, 3.8) is 0 Å². The summed E-state index contributed by atoms with van der Waals surface area (Å²) in [5.74, 6) is 0. The zero-order chi connectivity index (χ0) is 33.0. The molecule has 236 valence electrons. The second kappa shape index (κ2) is 11.8. The molecule has 3 heteroatoms. The van der Waals surface area contributed by atoms with E-state index in [0.29, 0.717) is 0 Å². The third-order valence-electron chi connectivity index (χ3n) is 10.0. The van der Waals surface area contributed by atoms with Crippen molar-refractivity contribution < 1.29 is 0 Å². The van der Waals surface area contributed by atoms with Gasteiger partial charge in [-0.05, 0) is 107 Å². The highest BCUT2D eigenvalue weighted by molar-refractivity contribution is 7.26. The van der Waals surface area contributed by atoms with Crippen LogP contribution in [-0.4, -0.2) is 0 Å². The Balaban J connectivity index is 1.21. The molecule has 0 bridgehead atoms. The van der Waals surface area contributed by atoms with Crippen LogP contribution in [0, 0.1) is 0 Å². The van der Waals surface area contributed by atoms with E-state index in [1.807, 2.05) is 11.3 Å². The number of para-hydroxylation sites is 2. The molecule has 1 heterocycles. The molecule has 9 aromatic rings. The second-order valence-corrected chi connectivity index (χ2v) is 14.0. The Kier molecular flexibility index (Phi) is 6.78. The minimum absolute atomic E-state index is 0.953. The van der Waals surface area contributed by atoms with E-state index in [1.54, 1.807) is 0 Å². The fraction of sp³-hybridized carbons (Fsp3) is 0.0213. The van der Waals surface area contributed by atoms with Crippen molar-refractivity contribution in [2.75, 3.05) is 9.80 Å². The monoisotopic (exact) mass is 656 g/mol. The van der Waals surface area contributed by atoms with Gasteiger partial charge in [0.1, 0.15) is 0 Å². The Labute approximate surface area is 295 Å². The molecule has 0 fully saturated rings. The summed E-state index contributed by atoms with van der Waals surface area (Å²) < 4.78 is 2.55. The normalized spacial score (nSPS) is 11.9. The summed E-state index contributed by atoms with van der Waals surface area (Å²) in [6.07, 6.45) is 0.953. The molecular formula is C47H32N2S. The molecule has 0 amide bonds. The summed E-state index contributed by atoms with van der Waals surface area (Å²) >= 11 is 1.86. The van der Waals surface area contributed by atoms with Crippen molar-refractivity contribution in [2.45, 2.75) is 6.42 Å². The van der Waals surface area contributed by atoms with E-state index in [2.05, 4.69) is 192 Å². The van der Waals surface area contributed by atoms with Crippen LogP contribution in [0.2, 0.25) is 0 Å². The van der Waals surface area contributed by atoms with Gasteiger partial charge in [0.15, 0.2) is 0 Å². The molecular weight excluding hydrogens is 625 g/mol. The number of rotatable bonds is 6. The molecule has 10 rings (SSSR count).